The fourth-order valence-electron chi connectivity index (χ4n) is 3.14. The number of nitriles is 1. The summed E-state index contributed by atoms with van der Waals surface area (Å²) in [6.07, 6.45) is 2.94. The lowest BCUT2D eigenvalue weighted by molar-refractivity contribution is 0.364. The topological polar surface area (TPSA) is 90.6 Å². The second-order valence-corrected chi connectivity index (χ2v) is 7.13. The number of alkyl halides is 2. The zero-order valence-electron chi connectivity index (χ0n) is 15.4. The van der Waals surface area contributed by atoms with Crippen molar-refractivity contribution < 1.29 is 4.39 Å². The minimum Gasteiger partial charge on any atom is -0.366 e. The maximum Gasteiger partial charge on any atom is 0.227 e. The minimum atomic E-state index is -0.866. The van der Waals surface area contributed by atoms with Gasteiger partial charge in [-0.2, -0.15) is 5.26 Å². The van der Waals surface area contributed by atoms with E-state index in [1.165, 1.54) is 0 Å². The van der Waals surface area contributed by atoms with Crippen LogP contribution in [0.3, 0.4) is 0 Å². The predicted molar refractivity (Wildman–Crippen MR) is 112 cm³/mol. The molecular weight excluding hydrogens is 437 g/mol. The number of hydrogen-bond acceptors (Lipinski definition) is 7. The highest BCUT2D eigenvalue weighted by Gasteiger charge is 2.24. The van der Waals surface area contributed by atoms with Gasteiger partial charge < -0.3 is 10.2 Å². The van der Waals surface area contributed by atoms with Gasteiger partial charge >= 0.3 is 0 Å². The SMILES string of the molecule is N#Cc1nc(-c2ccnc(Nc3ccc(CBr)nc3)n2)ccc1N1CC[C@H](F)C1. The van der Waals surface area contributed by atoms with Gasteiger partial charge in [0.25, 0.3) is 0 Å². The second-order valence-electron chi connectivity index (χ2n) is 6.57. The molecule has 3 aromatic rings. The fourth-order valence-corrected chi connectivity index (χ4v) is 3.47. The first-order valence-corrected chi connectivity index (χ1v) is 10.2. The first-order chi connectivity index (χ1) is 14.2. The van der Waals surface area contributed by atoms with E-state index in [9.17, 15) is 9.65 Å². The largest absolute Gasteiger partial charge is 0.366 e. The number of pyridine rings is 2. The molecule has 146 valence electrons. The molecule has 29 heavy (non-hydrogen) atoms. The molecule has 0 saturated carbocycles. The monoisotopic (exact) mass is 453 g/mol. The molecule has 4 heterocycles. The van der Waals surface area contributed by atoms with Gasteiger partial charge in [-0.25, -0.2) is 19.3 Å². The van der Waals surface area contributed by atoms with E-state index in [1.54, 1.807) is 30.6 Å². The lowest BCUT2D eigenvalue weighted by Gasteiger charge is -2.18. The van der Waals surface area contributed by atoms with Crippen LogP contribution in [0.4, 0.5) is 21.7 Å². The zero-order chi connectivity index (χ0) is 20.2. The predicted octanol–water partition coefficient (Wildman–Crippen LogP) is 3.99. The summed E-state index contributed by atoms with van der Waals surface area (Å²) in [5.74, 6) is 0.403. The zero-order valence-corrected chi connectivity index (χ0v) is 17.0. The Morgan fingerprint density at radius 1 is 1.17 bits per heavy atom. The first kappa shape index (κ1) is 19.2. The highest BCUT2D eigenvalue weighted by molar-refractivity contribution is 9.08. The van der Waals surface area contributed by atoms with Crippen LogP contribution in [0.1, 0.15) is 17.8 Å². The van der Waals surface area contributed by atoms with E-state index < -0.39 is 6.17 Å². The Morgan fingerprint density at radius 3 is 2.72 bits per heavy atom. The van der Waals surface area contributed by atoms with Gasteiger partial charge in [0.05, 0.1) is 34.7 Å². The van der Waals surface area contributed by atoms with E-state index in [0.717, 1.165) is 11.4 Å². The van der Waals surface area contributed by atoms with Crippen molar-refractivity contribution in [3.05, 3.63) is 54.1 Å². The molecule has 1 aliphatic rings. The van der Waals surface area contributed by atoms with Gasteiger partial charge in [0.15, 0.2) is 5.69 Å². The van der Waals surface area contributed by atoms with Crippen LogP contribution in [0.15, 0.2) is 42.7 Å². The second kappa shape index (κ2) is 8.49. The standard InChI is InChI=1S/C20H17BrFN7/c21-9-14-1-2-15(11-25-14)26-20-24-7-5-17(28-20)16-3-4-19(18(10-23)27-16)29-8-6-13(22)12-29/h1-5,7,11,13H,6,8-9,12H2,(H,24,26,28)/t13-/m0/s1. The molecule has 1 aliphatic heterocycles. The number of nitrogens with one attached hydrogen (secondary N) is 1. The highest BCUT2D eigenvalue weighted by Crippen LogP contribution is 2.27. The Labute approximate surface area is 175 Å². The van der Waals surface area contributed by atoms with E-state index in [4.69, 9.17) is 0 Å². The van der Waals surface area contributed by atoms with Gasteiger partial charge in [0.2, 0.25) is 5.95 Å². The molecule has 0 bridgehead atoms. The van der Waals surface area contributed by atoms with Crippen LogP contribution in [-0.4, -0.2) is 39.2 Å². The number of anilines is 3. The van der Waals surface area contributed by atoms with Gasteiger partial charge in [-0.15, -0.1) is 0 Å². The summed E-state index contributed by atoms with van der Waals surface area (Å²) < 4.78 is 13.5. The number of hydrogen-bond donors (Lipinski definition) is 1. The molecule has 0 aromatic carbocycles. The Kier molecular flexibility index (Phi) is 5.62. The van der Waals surface area contributed by atoms with Gasteiger partial charge in [-0.3, -0.25) is 4.98 Å². The molecule has 7 nitrogen and oxygen atoms in total. The summed E-state index contributed by atoms with van der Waals surface area (Å²) in [6, 6.07) is 11.2. The summed E-state index contributed by atoms with van der Waals surface area (Å²) in [5, 5.41) is 13.3. The van der Waals surface area contributed by atoms with Gasteiger partial charge in [-0.1, -0.05) is 15.9 Å². The maximum atomic E-state index is 13.5. The molecule has 9 heteroatoms. The molecule has 4 rings (SSSR count). The van der Waals surface area contributed by atoms with Crippen LogP contribution >= 0.6 is 15.9 Å². The average molecular weight is 454 g/mol. The van der Waals surface area contributed by atoms with Crippen LogP contribution < -0.4 is 10.2 Å². The molecule has 1 fully saturated rings. The van der Waals surface area contributed by atoms with Crippen molar-refractivity contribution >= 4 is 33.3 Å². The van der Waals surface area contributed by atoms with Crippen LogP contribution in [0.2, 0.25) is 0 Å². The van der Waals surface area contributed by atoms with Crippen molar-refractivity contribution in [3.8, 4) is 17.5 Å². The molecule has 0 radical (unpaired) electrons. The molecule has 0 unspecified atom stereocenters. The van der Waals surface area contributed by atoms with Crippen molar-refractivity contribution in [2.45, 2.75) is 17.9 Å². The minimum absolute atomic E-state index is 0.263. The molecule has 1 saturated heterocycles. The van der Waals surface area contributed by atoms with Crippen molar-refractivity contribution in [1.29, 1.82) is 5.26 Å². The van der Waals surface area contributed by atoms with Crippen LogP contribution in [0.5, 0.6) is 0 Å². The van der Waals surface area contributed by atoms with Gasteiger partial charge in [0, 0.05) is 24.6 Å². The van der Waals surface area contributed by atoms with Gasteiger partial charge in [-0.05, 0) is 36.8 Å². The molecule has 0 aliphatic carbocycles. The Balaban J connectivity index is 1.58. The number of rotatable bonds is 5. The molecule has 1 N–H and O–H groups in total. The molecule has 0 amide bonds. The third-order valence-corrected chi connectivity index (χ3v) is 5.16. The maximum absolute atomic E-state index is 13.5. The van der Waals surface area contributed by atoms with Crippen LogP contribution in [-0.2, 0) is 5.33 Å². The van der Waals surface area contributed by atoms with Crippen LogP contribution in [0.25, 0.3) is 11.4 Å². The van der Waals surface area contributed by atoms with Crippen molar-refractivity contribution in [3.63, 3.8) is 0 Å². The summed E-state index contributed by atoms with van der Waals surface area (Å²) in [4.78, 5) is 19.3. The van der Waals surface area contributed by atoms with Crippen molar-refractivity contribution in [2.75, 3.05) is 23.3 Å². The average Bonchev–Trinajstić information content (AvgIpc) is 3.20. The Hall–Kier alpha value is -3.12. The van der Waals surface area contributed by atoms with E-state index in [0.29, 0.717) is 47.9 Å². The molecule has 0 spiro atoms. The van der Waals surface area contributed by atoms with E-state index in [2.05, 4.69) is 47.3 Å². The Bertz CT molecular complexity index is 1050. The summed E-state index contributed by atoms with van der Waals surface area (Å²) >= 11 is 3.37. The number of aromatic nitrogens is 4. The smallest absolute Gasteiger partial charge is 0.227 e. The van der Waals surface area contributed by atoms with E-state index in [-0.39, 0.29) is 5.69 Å². The fraction of sp³-hybridized carbons (Fsp3) is 0.250. The lowest BCUT2D eigenvalue weighted by atomic mass is 10.2. The third-order valence-electron chi connectivity index (χ3n) is 4.59. The van der Waals surface area contributed by atoms with E-state index in [1.807, 2.05) is 17.0 Å². The van der Waals surface area contributed by atoms with E-state index >= 15 is 0 Å². The normalized spacial score (nSPS) is 15.9. The van der Waals surface area contributed by atoms with Crippen LogP contribution in [0, 0.1) is 11.3 Å². The molecular formula is C20H17BrFN7. The van der Waals surface area contributed by atoms with Gasteiger partial charge in [0.1, 0.15) is 12.2 Å². The van der Waals surface area contributed by atoms with Crippen molar-refractivity contribution in [1.82, 2.24) is 19.9 Å². The Morgan fingerprint density at radius 2 is 2.03 bits per heavy atom. The number of halogens is 2. The third kappa shape index (κ3) is 4.32. The summed E-state index contributed by atoms with van der Waals surface area (Å²) in [7, 11) is 0. The van der Waals surface area contributed by atoms with Crippen molar-refractivity contribution in [2.24, 2.45) is 0 Å². The highest BCUT2D eigenvalue weighted by atomic mass is 79.9. The molecule has 3 aromatic heterocycles. The quantitative estimate of drug-likeness (QED) is 0.583. The summed E-state index contributed by atoms with van der Waals surface area (Å²) in [5.41, 5.74) is 3.75. The summed E-state index contributed by atoms with van der Waals surface area (Å²) in [6.45, 7) is 0.875. The number of nitrogens with zero attached hydrogens (tertiary/aromatic N) is 6. The molecule has 1 atom stereocenters. The first-order valence-electron chi connectivity index (χ1n) is 9.08. The lowest BCUT2D eigenvalue weighted by Crippen LogP contribution is -2.21.